The van der Waals surface area contributed by atoms with E-state index in [0.717, 1.165) is 5.56 Å². The Morgan fingerprint density at radius 3 is 2.45 bits per heavy atom. The van der Waals surface area contributed by atoms with Crippen molar-refractivity contribution >= 4 is 11.6 Å². The Bertz CT molecular complexity index is 461. The summed E-state index contributed by atoms with van der Waals surface area (Å²) >= 11 is 6.24. The Morgan fingerprint density at radius 2 is 1.80 bits per heavy atom. The summed E-state index contributed by atoms with van der Waals surface area (Å²) in [5.41, 5.74) is 0.954. The first-order valence-electron chi connectivity index (χ1n) is 6.77. The Kier molecular flexibility index (Phi) is 5.61. The highest BCUT2D eigenvalue weighted by Gasteiger charge is 2.36. The van der Waals surface area contributed by atoms with Crippen molar-refractivity contribution in [3.63, 3.8) is 0 Å². The average Bonchev–Trinajstić information content (AvgIpc) is 2.44. The predicted molar refractivity (Wildman–Crippen MR) is 80.1 cm³/mol. The van der Waals surface area contributed by atoms with E-state index >= 15 is 0 Å². The topological polar surface area (TPSA) is 38.7 Å². The van der Waals surface area contributed by atoms with E-state index in [1.165, 1.54) is 0 Å². The summed E-state index contributed by atoms with van der Waals surface area (Å²) in [6.07, 6.45) is 3.61. The summed E-state index contributed by atoms with van der Waals surface area (Å²) < 4.78 is 10.5. The molecule has 0 amide bonds. The standard InChI is InChI=1S/C16H21ClO3/c1-19-9-11-7-8-13(16(18)14(11)10-20-2)12-5-3-4-6-15(12)17/h3-8,11,13-14,16,18H,9-10H2,1-2H3/t11-,13+,14+,16-/m1/s1. The number of halogens is 1. The van der Waals surface area contributed by atoms with Crippen LogP contribution in [0.3, 0.4) is 0 Å². The van der Waals surface area contributed by atoms with Crippen LogP contribution in [0.1, 0.15) is 11.5 Å². The maximum Gasteiger partial charge on any atom is 0.0700 e. The largest absolute Gasteiger partial charge is 0.392 e. The molecule has 0 aromatic heterocycles. The lowest BCUT2D eigenvalue weighted by atomic mass is 9.75. The predicted octanol–water partition coefficient (Wildman–Crippen LogP) is 2.88. The fourth-order valence-corrected chi connectivity index (χ4v) is 3.12. The number of hydrogen-bond acceptors (Lipinski definition) is 3. The van der Waals surface area contributed by atoms with Crippen LogP contribution in [-0.2, 0) is 9.47 Å². The molecule has 1 aromatic carbocycles. The fourth-order valence-electron chi connectivity index (χ4n) is 2.86. The van der Waals surface area contributed by atoms with Gasteiger partial charge < -0.3 is 14.6 Å². The van der Waals surface area contributed by atoms with E-state index < -0.39 is 6.10 Å². The number of aliphatic hydroxyl groups is 1. The Hall–Kier alpha value is -0.870. The minimum Gasteiger partial charge on any atom is -0.392 e. The van der Waals surface area contributed by atoms with E-state index in [1.807, 2.05) is 30.3 Å². The monoisotopic (exact) mass is 296 g/mol. The summed E-state index contributed by atoms with van der Waals surface area (Å²) in [5, 5.41) is 11.4. The van der Waals surface area contributed by atoms with Crippen LogP contribution < -0.4 is 0 Å². The van der Waals surface area contributed by atoms with Crippen molar-refractivity contribution in [3.8, 4) is 0 Å². The van der Waals surface area contributed by atoms with Crippen LogP contribution in [0.2, 0.25) is 5.02 Å². The molecule has 1 aliphatic rings. The molecule has 1 aliphatic carbocycles. The van der Waals surface area contributed by atoms with Crippen molar-refractivity contribution in [2.45, 2.75) is 12.0 Å². The first-order valence-corrected chi connectivity index (χ1v) is 7.15. The third-order valence-electron chi connectivity index (χ3n) is 3.90. The van der Waals surface area contributed by atoms with Gasteiger partial charge in [0.05, 0.1) is 19.3 Å². The third kappa shape index (κ3) is 3.23. The highest BCUT2D eigenvalue weighted by atomic mass is 35.5. The van der Waals surface area contributed by atoms with E-state index in [1.54, 1.807) is 14.2 Å². The summed E-state index contributed by atoms with van der Waals surface area (Å²) in [6.45, 7) is 1.08. The minimum atomic E-state index is -0.528. The second-order valence-corrected chi connectivity index (χ2v) is 5.57. The van der Waals surface area contributed by atoms with Crippen molar-refractivity contribution in [3.05, 3.63) is 47.0 Å². The van der Waals surface area contributed by atoms with Gasteiger partial charge in [0.2, 0.25) is 0 Å². The normalized spacial score (nSPS) is 29.6. The molecule has 0 heterocycles. The summed E-state index contributed by atoms with van der Waals surface area (Å²) in [4.78, 5) is 0. The van der Waals surface area contributed by atoms with Crippen LogP contribution in [0, 0.1) is 11.8 Å². The molecule has 2 rings (SSSR count). The van der Waals surface area contributed by atoms with Gasteiger partial charge in [-0.3, -0.25) is 0 Å². The van der Waals surface area contributed by atoms with Gasteiger partial charge in [-0.2, -0.15) is 0 Å². The fraction of sp³-hybridized carbons (Fsp3) is 0.500. The second-order valence-electron chi connectivity index (χ2n) is 5.16. The van der Waals surface area contributed by atoms with Gasteiger partial charge >= 0.3 is 0 Å². The number of hydrogen-bond donors (Lipinski definition) is 1. The third-order valence-corrected chi connectivity index (χ3v) is 4.25. The number of benzene rings is 1. The van der Waals surface area contributed by atoms with Gasteiger partial charge in [0.15, 0.2) is 0 Å². The molecule has 0 spiro atoms. The zero-order valence-corrected chi connectivity index (χ0v) is 12.6. The van der Waals surface area contributed by atoms with Crippen molar-refractivity contribution in [1.82, 2.24) is 0 Å². The number of methoxy groups -OCH3 is 2. The van der Waals surface area contributed by atoms with Gasteiger partial charge in [-0.05, 0) is 11.6 Å². The van der Waals surface area contributed by atoms with E-state index in [2.05, 4.69) is 6.08 Å². The van der Waals surface area contributed by atoms with Crippen LogP contribution in [0.25, 0.3) is 0 Å². The first-order chi connectivity index (χ1) is 9.69. The molecular formula is C16H21ClO3. The molecule has 0 fully saturated rings. The zero-order chi connectivity index (χ0) is 14.5. The molecule has 20 heavy (non-hydrogen) atoms. The SMILES string of the molecule is COC[C@@H]1[C@H](O)[C@H](c2ccccc2Cl)C=C[C@@H]1COC. The van der Waals surface area contributed by atoms with Crippen LogP contribution in [-0.4, -0.2) is 38.6 Å². The molecule has 4 atom stereocenters. The number of rotatable bonds is 5. The molecule has 1 aromatic rings. The molecule has 3 nitrogen and oxygen atoms in total. The van der Waals surface area contributed by atoms with E-state index in [4.69, 9.17) is 21.1 Å². The lowest BCUT2D eigenvalue weighted by Gasteiger charge is -2.36. The summed E-state index contributed by atoms with van der Waals surface area (Å²) in [7, 11) is 3.32. The second kappa shape index (κ2) is 7.23. The van der Waals surface area contributed by atoms with Crippen molar-refractivity contribution in [2.24, 2.45) is 11.8 Å². The maximum absolute atomic E-state index is 10.7. The molecule has 4 heteroatoms. The van der Waals surface area contributed by atoms with E-state index in [0.29, 0.717) is 18.2 Å². The highest BCUT2D eigenvalue weighted by Crippen LogP contribution is 2.38. The molecule has 0 saturated heterocycles. The molecule has 0 saturated carbocycles. The summed E-state index contributed by atoms with van der Waals surface area (Å²) in [6, 6.07) is 7.64. The van der Waals surface area contributed by atoms with Crippen LogP contribution in [0.5, 0.6) is 0 Å². The smallest absolute Gasteiger partial charge is 0.0700 e. The van der Waals surface area contributed by atoms with Gasteiger partial charge in [0, 0.05) is 37.0 Å². The lowest BCUT2D eigenvalue weighted by molar-refractivity contribution is -0.00582. The van der Waals surface area contributed by atoms with Crippen molar-refractivity contribution < 1.29 is 14.6 Å². The average molecular weight is 297 g/mol. The minimum absolute atomic E-state index is 0.00576. The van der Waals surface area contributed by atoms with Crippen LogP contribution >= 0.6 is 11.6 Å². The molecule has 110 valence electrons. The zero-order valence-electron chi connectivity index (χ0n) is 11.8. The summed E-state index contributed by atoms with van der Waals surface area (Å²) in [5.74, 6) is 0.0665. The van der Waals surface area contributed by atoms with Gasteiger partial charge in [0.25, 0.3) is 0 Å². The number of ether oxygens (including phenoxy) is 2. The van der Waals surface area contributed by atoms with Gasteiger partial charge in [-0.25, -0.2) is 0 Å². The molecule has 0 bridgehead atoms. The molecule has 0 unspecified atom stereocenters. The van der Waals surface area contributed by atoms with Crippen molar-refractivity contribution in [1.29, 1.82) is 0 Å². The van der Waals surface area contributed by atoms with Gasteiger partial charge in [0.1, 0.15) is 0 Å². The molecule has 0 radical (unpaired) electrons. The molecule has 0 aliphatic heterocycles. The van der Waals surface area contributed by atoms with E-state index in [9.17, 15) is 5.11 Å². The Labute approximate surface area is 125 Å². The quantitative estimate of drug-likeness (QED) is 0.849. The number of aliphatic hydroxyl groups excluding tert-OH is 1. The Morgan fingerprint density at radius 1 is 1.10 bits per heavy atom. The maximum atomic E-state index is 10.7. The molecule has 1 N–H and O–H groups in total. The van der Waals surface area contributed by atoms with Gasteiger partial charge in [-0.1, -0.05) is 42.0 Å². The highest BCUT2D eigenvalue weighted by molar-refractivity contribution is 6.31. The Balaban J connectivity index is 2.28. The van der Waals surface area contributed by atoms with Crippen LogP contribution in [0.15, 0.2) is 36.4 Å². The van der Waals surface area contributed by atoms with Gasteiger partial charge in [-0.15, -0.1) is 0 Å². The van der Waals surface area contributed by atoms with Crippen molar-refractivity contribution in [2.75, 3.05) is 27.4 Å². The first kappa shape index (κ1) is 15.5. The van der Waals surface area contributed by atoms with Crippen LogP contribution in [0.4, 0.5) is 0 Å². The lowest BCUT2D eigenvalue weighted by Crippen LogP contribution is -2.39. The van der Waals surface area contributed by atoms with E-state index in [-0.39, 0.29) is 17.8 Å². The molecular weight excluding hydrogens is 276 g/mol.